The van der Waals surface area contributed by atoms with Gasteiger partial charge in [0, 0.05) is 6.61 Å². The van der Waals surface area contributed by atoms with Gasteiger partial charge in [-0.15, -0.1) is 0 Å². The fraction of sp³-hybridized carbons (Fsp3) is 0.917. The van der Waals surface area contributed by atoms with Crippen LogP contribution in [0.1, 0.15) is 51.4 Å². The molecule has 1 saturated carbocycles. The van der Waals surface area contributed by atoms with Crippen molar-refractivity contribution in [3.8, 4) is 6.07 Å². The minimum absolute atomic E-state index is 0.0681. The summed E-state index contributed by atoms with van der Waals surface area (Å²) < 4.78 is 5.57. The average molecular weight is 193 g/mol. The van der Waals surface area contributed by atoms with E-state index in [1.807, 2.05) is 0 Å². The second-order valence-electron chi connectivity index (χ2n) is 4.77. The lowest BCUT2D eigenvalue weighted by molar-refractivity contribution is 0.0948. The molecular weight excluding hydrogens is 174 g/mol. The van der Waals surface area contributed by atoms with Crippen molar-refractivity contribution in [2.24, 2.45) is 5.41 Å². The topological polar surface area (TPSA) is 33.0 Å². The number of ether oxygens (including phenoxy) is 1. The highest BCUT2D eigenvalue weighted by Gasteiger charge is 2.36. The maximum Gasteiger partial charge on any atom is 0.0689 e. The van der Waals surface area contributed by atoms with E-state index in [2.05, 4.69) is 6.07 Å². The minimum atomic E-state index is 0.0681. The molecule has 2 nitrogen and oxygen atoms in total. The molecule has 14 heavy (non-hydrogen) atoms. The first-order valence-corrected chi connectivity index (χ1v) is 5.88. The molecule has 1 saturated heterocycles. The van der Waals surface area contributed by atoms with Gasteiger partial charge in [0.1, 0.15) is 0 Å². The van der Waals surface area contributed by atoms with Crippen LogP contribution < -0.4 is 0 Å². The molecule has 1 atom stereocenters. The third kappa shape index (κ3) is 2.09. The smallest absolute Gasteiger partial charge is 0.0689 e. The quantitative estimate of drug-likeness (QED) is 0.687. The molecule has 0 aromatic rings. The monoisotopic (exact) mass is 193 g/mol. The molecule has 2 heteroatoms. The molecule has 78 valence electrons. The van der Waals surface area contributed by atoms with E-state index in [0.717, 1.165) is 25.9 Å². The van der Waals surface area contributed by atoms with Crippen molar-refractivity contribution in [2.75, 3.05) is 6.61 Å². The summed E-state index contributed by atoms with van der Waals surface area (Å²) in [6.45, 7) is 0.952. The van der Waals surface area contributed by atoms with Crippen molar-refractivity contribution in [3.63, 3.8) is 0 Å². The molecule has 0 aromatic heterocycles. The molecule has 1 aliphatic carbocycles. The molecule has 1 heterocycles. The van der Waals surface area contributed by atoms with E-state index < -0.39 is 0 Å². The number of rotatable bonds is 4. The van der Waals surface area contributed by atoms with Crippen LogP contribution >= 0.6 is 0 Å². The second kappa shape index (κ2) is 4.31. The lowest BCUT2D eigenvalue weighted by atomic mass is 9.67. The molecule has 2 rings (SSSR count). The Hall–Kier alpha value is -0.550. The van der Waals surface area contributed by atoms with Crippen LogP contribution in [0.3, 0.4) is 0 Å². The number of nitrogens with zero attached hydrogens (tertiary/aromatic N) is 1. The van der Waals surface area contributed by atoms with Gasteiger partial charge in [-0.2, -0.15) is 5.26 Å². The molecule has 1 unspecified atom stereocenters. The Labute approximate surface area is 86.2 Å². The van der Waals surface area contributed by atoms with Crippen LogP contribution in [0.25, 0.3) is 0 Å². The van der Waals surface area contributed by atoms with Crippen LogP contribution in [-0.4, -0.2) is 12.7 Å². The Morgan fingerprint density at radius 2 is 2.21 bits per heavy atom. The Morgan fingerprint density at radius 1 is 1.36 bits per heavy atom. The Kier molecular flexibility index (Phi) is 3.08. The highest BCUT2D eigenvalue weighted by Crippen LogP contribution is 2.44. The molecule has 0 N–H and O–H groups in total. The van der Waals surface area contributed by atoms with Crippen molar-refractivity contribution < 1.29 is 4.74 Å². The molecule has 1 aliphatic heterocycles. The lowest BCUT2D eigenvalue weighted by Crippen LogP contribution is -2.27. The fourth-order valence-electron chi connectivity index (χ4n) is 2.56. The largest absolute Gasteiger partial charge is 0.378 e. The van der Waals surface area contributed by atoms with E-state index in [4.69, 9.17) is 10.00 Å². The van der Waals surface area contributed by atoms with E-state index in [9.17, 15) is 0 Å². The maximum absolute atomic E-state index is 9.05. The first-order chi connectivity index (χ1) is 6.85. The summed E-state index contributed by atoms with van der Waals surface area (Å²) in [6.07, 6.45) is 9.95. The van der Waals surface area contributed by atoms with E-state index in [1.165, 1.54) is 32.1 Å². The molecule has 0 spiro atoms. The van der Waals surface area contributed by atoms with Crippen molar-refractivity contribution in [2.45, 2.75) is 57.5 Å². The lowest BCUT2D eigenvalue weighted by Gasteiger charge is -2.35. The predicted molar refractivity (Wildman–Crippen MR) is 54.7 cm³/mol. The first-order valence-electron chi connectivity index (χ1n) is 5.88. The molecule has 0 amide bonds. The summed E-state index contributed by atoms with van der Waals surface area (Å²) in [6, 6.07) is 2.50. The number of hydrogen-bond acceptors (Lipinski definition) is 2. The van der Waals surface area contributed by atoms with Crippen molar-refractivity contribution in [1.29, 1.82) is 5.26 Å². The Bertz CT molecular complexity index is 221. The predicted octanol–water partition coefficient (Wildman–Crippen LogP) is 3.03. The van der Waals surface area contributed by atoms with Crippen LogP contribution in [0, 0.1) is 16.7 Å². The highest BCUT2D eigenvalue weighted by molar-refractivity contribution is 5.04. The summed E-state index contributed by atoms with van der Waals surface area (Å²) in [7, 11) is 0. The number of nitriles is 1. The van der Waals surface area contributed by atoms with Gasteiger partial charge in [0.15, 0.2) is 0 Å². The third-order valence-corrected chi connectivity index (χ3v) is 3.75. The Morgan fingerprint density at radius 3 is 2.71 bits per heavy atom. The van der Waals surface area contributed by atoms with Gasteiger partial charge in [0.2, 0.25) is 0 Å². The minimum Gasteiger partial charge on any atom is -0.378 e. The maximum atomic E-state index is 9.05. The van der Waals surface area contributed by atoms with Crippen molar-refractivity contribution in [3.05, 3.63) is 0 Å². The van der Waals surface area contributed by atoms with Crippen LogP contribution in [-0.2, 0) is 4.74 Å². The van der Waals surface area contributed by atoms with Crippen LogP contribution in [0.5, 0.6) is 0 Å². The van der Waals surface area contributed by atoms with Gasteiger partial charge in [-0.05, 0) is 44.9 Å². The van der Waals surface area contributed by atoms with E-state index in [0.29, 0.717) is 6.10 Å². The molecule has 0 aromatic carbocycles. The normalized spacial score (nSPS) is 29.5. The summed E-state index contributed by atoms with van der Waals surface area (Å²) in [5.74, 6) is 0. The Balaban J connectivity index is 1.64. The summed E-state index contributed by atoms with van der Waals surface area (Å²) in [5.41, 5.74) is 0.0681. The zero-order valence-electron chi connectivity index (χ0n) is 8.80. The van der Waals surface area contributed by atoms with Crippen LogP contribution in [0.2, 0.25) is 0 Å². The van der Waals surface area contributed by atoms with Gasteiger partial charge in [0.25, 0.3) is 0 Å². The van der Waals surface area contributed by atoms with Crippen LogP contribution in [0.4, 0.5) is 0 Å². The van der Waals surface area contributed by atoms with E-state index in [-0.39, 0.29) is 5.41 Å². The SMILES string of the molecule is N#CC1(CCCC2CCCO2)CCC1. The molecular formula is C12H19NO. The second-order valence-corrected chi connectivity index (χ2v) is 4.77. The molecule has 0 bridgehead atoms. The van der Waals surface area contributed by atoms with Gasteiger partial charge >= 0.3 is 0 Å². The standard InChI is InChI=1S/C12H19NO/c13-10-12(7-3-8-12)6-1-4-11-5-2-9-14-11/h11H,1-9H2. The summed E-state index contributed by atoms with van der Waals surface area (Å²) in [5, 5.41) is 9.05. The molecule has 0 radical (unpaired) electrons. The number of hydrogen-bond donors (Lipinski definition) is 0. The summed E-state index contributed by atoms with van der Waals surface area (Å²) >= 11 is 0. The highest BCUT2D eigenvalue weighted by atomic mass is 16.5. The van der Waals surface area contributed by atoms with Crippen molar-refractivity contribution in [1.82, 2.24) is 0 Å². The van der Waals surface area contributed by atoms with Gasteiger partial charge in [-0.3, -0.25) is 0 Å². The fourth-order valence-corrected chi connectivity index (χ4v) is 2.56. The van der Waals surface area contributed by atoms with Gasteiger partial charge in [0.05, 0.1) is 17.6 Å². The van der Waals surface area contributed by atoms with Gasteiger partial charge < -0.3 is 4.74 Å². The zero-order chi connectivity index (χ0) is 9.86. The van der Waals surface area contributed by atoms with E-state index in [1.54, 1.807) is 0 Å². The van der Waals surface area contributed by atoms with Gasteiger partial charge in [-0.1, -0.05) is 6.42 Å². The molecule has 2 fully saturated rings. The summed E-state index contributed by atoms with van der Waals surface area (Å²) in [4.78, 5) is 0. The van der Waals surface area contributed by atoms with E-state index >= 15 is 0 Å². The molecule has 2 aliphatic rings. The van der Waals surface area contributed by atoms with Crippen LogP contribution in [0.15, 0.2) is 0 Å². The van der Waals surface area contributed by atoms with Crippen molar-refractivity contribution >= 4 is 0 Å². The average Bonchev–Trinajstić information content (AvgIpc) is 2.62. The van der Waals surface area contributed by atoms with Gasteiger partial charge in [-0.25, -0.2) is 0 Å². The third-order valence-electron chi connectivity index (χ3n) is 3.75. The zero-order valence-corrected chi connectivity index (χ0v) is 8.80. The first kappa shape index (κ1) is 9.98.